The quantitative estimate of drug-likeness (QED) is 0.577. The minimum absolute atomic E-state index is 0.0622. The lowest BCUT2D eigenvalue weighted by atomic mass is 9.97. The Morgan fingerprint density at radius 2 is 2.19 bits per heavy atom. The van der Waals surface area contributed by atoms with E-state index in [0.29, 0.717) is 12.0 Å². The van der Waals surface area contributed by atoms with Gasteiger partial charge in [0.05, 0.1) is 6.61 Å². The van der Waals surface area contributed by atoms with E-state index in [1.165, 1.54) is 32.1 Å². The second kappa shape index (κ2) is 3.21. The summed E-state index contributed by atoms with van der Waals surface area (Å²) in [5, 5.41) is 0. The Balaban J connectivity index is 1.50. The summed E-state index contributed by atoms with van der Waals surface area (Å²) in [6.07, 6.45) is 7.36. The van der Waals surface area contributed by atoms with Crippen LogP contribution in [0.25, 0.3) is 0 Å². The van der Waals surface area contributed by atoms with Crippen molar-refractivity contribution in [1.29, 1.82) is 0 Å². The second-order valence-electron chi connectivity index (χ2n) is 6.68. The summed E-state index contributed by atoms with van der Waals surface area (Å²) >= 11 is 0. The number of hydrogen-bond donors (Lipinski definition) is 1. The number of fused-ring (bicyclic) bond motifs is 1. The Kier molecular flexibility index (Phi) is 2.21. The highest BCUT2D eigenvalue weighted by Crippen LogP contribution is 2.75. The van der Waals surface area contributed by atoms with Crippen molar-refractivity contribution >= 4 is 0 Å². The zero-order valence-corrected chi connectivity index (χ0v) is 10.4. The van der Waals surface area contributed by atoms with Crippen molar-refractivity contribution in [2.75, 3.05) is 6.61 Å². The van der Waals surface area contributed by atoms with Gasteiger partial charge in [-0.05, 0) is 56.8 Å². The Bertz CT molecular complexity index is 304. The Morgan fingerprint density at radius 1 is 1.38 bits per heavy atom. The average Bonchev–Trinajstić information content (AvgIpc) is 2.67. The van der Waals surface area contributed by atoms with Gasteiger partial charge in [0.25, 0.3) is 0 Å². The van der Waals surface area contributed by atoms with Crippen LogP contribution in [0.15, 0.2) is 0 Å². The van der Waals surface area contributed by atoms with E-state index in [9.17, 15) is 0 Å². The molecule has 0 aromatic carbocycles. The first-order valence-corrected chi connectivity index (χ1v) is 6.59. The maximum absolute atomic E-state index is 6.03. The van der Waals surface area contributed by atoms with Crippen molar-refractivity contribution in [3.8, 4) is 0 Å². The summed E-state index contributed by atoms with van der Waals surface area (Å²) in [5.74, 6) is 0.945. The SMILES string of the molecule is CCC(C)(N)COOC12CCC3(CC3C1)C2. The summed E-state index contributed by atoms with van der Waals surface area (Å²) in [6.45, 7) is 4.59. The summed E-state index contributed by atoms with van der Waals surface area (Å²) in [5.41, 5.74) is 6.51. The monoisotopic (exact) mass is 225 g/mol. The van der Waals surface area contributed by atoms with Crippen molar-refractivity contribution in [3.05, 3.63) is 0 Å². The van der Waals surface area contributed by atoms with E-state index in [4.69, 9.17) is 15.5 Å². The zero-order valence-electron chi connectivity index (χ0n) is 10.4. The highest BCUT2D eigenvalue weighted by molar-refractivity contribution is 5.20. The molecule has 0 radical (unpaired) electrons. The van der Waals surface area contributed by atoms with Gasteiger partial charge < -0.3 is 5.73 Å². The molecular weight excluding hydrogens is 202 g/mol. The molecule has 3 nitrogen and oxygen atoms in total. The van der Waals surface area contributed by atoms with Gasteiger partial charge in [0, 0.05) is 5.54 Å². The molecule has 0 aromatic heterocycles. The van der Waals surface area contributed by atoms with E-state index in [0.717, 1.165) is 12.3 Å². The van der Waals surface area contributed by atoms with Gasteiger partial charge in [0.2, 0.25) is 0 Å². The van der Waals surface area contributed by atoms with Gasteiger partial charge in [-0.3, -0.25) is 0 Å². The average molecular weight is 225 g/mol. The second-order valence-corrected chi connectivity index (χ2v) is 6.68. The zero-order chi connectivity index (χ0) is 11.4. The van der Waals surface area contributed by atoms with Crippen LogP contribution in [-0.4, -0.2) is 17.7 Å². The topological polar surface area (TPSA) is 44.5 Å². The maximum Gasteiger partial charge on any atom is 0.104 e. The molecule has 2 N–H and O–H groups in total. The summed E-state index contributed by atoms with van der Waals surface area (Å²) in [4.78, 5) is 11.2. The maximum atomic E-state index is 6.03. The number of hydrogen-bond acceptors (Lipinski definition) is 3. The summed E-state index contributed by atoms with van der Waals surface area (Å²) in [6, 6.07) is 0. The summed E-state index contributed by atoms with van der Waals surface area (Å²) < 4.78 is 0. The number of rotatable bonds is 5. The van der Waals surface area contributed by atoms with Crippen molar-refractivity contribution in [1.82, 2.24) is 0 Å². The molecule has 3 heteroatoms. The molecule has 3 rings (SSSR count). The van der Waals surface area contributed by atoms with Crippen molar-refractivity contribution in [2.24, 2.45) is 17.1 Å². The third-order valence-corrected chi connectivity index (χ3v) is 5.16. The standard InChI is InChI=1S/C13H23NO2/c1-3-11(2,14)9-15-16-13-5-4-12(8-13)6-10(12)7-13/h10H,3-9,14H2,1-2H3. The third-order valence-electron chi connectivity index (χ3n) is 5.16. The van der Waals surface area contributed by atoms with Gasteiger partial charge in [0.15, 0.2) is 0 Å². The molecule has 92 valence electrons. The van der Waals surface area contributed by atoms with Crippen LogP contribution in [-0.2, 0) is 9.78 Å². The predicted molar refractivity (Wildman–Crippen MR) is 61.7 cm³/mol. The van der Waals surface area contributed by atoms with Crippen LogP contribution >= 0.6 is 0 Å². The van der Waals surface area contributed by atoms with E-state index in [2.05, 4.69) is 6.92 Å². The van der Waals surface area contributed by atoms with E-state index >= 15 is 0 Å². The first-order chi connectivity index (χ1) is 7.49. The third kappa shape index (κ3) is 1.60. The first-order valence-electron chi connectivity index (χ1n) is 6.59. The highest BCUT2D eigenvalue weighted by Gasteiger charge is 2.70. The molecule has 2 bridgehead atoms. The van der Waals surface area contributed by atoms with E-state index < -0.39 is 0 Å². The fraction of sp³-hybridized carbons (Fsp3) is 1.00. The first kappa shape index (κ1) is 11.0. The van der Waals surface area contributed by atoms with Crippen LogP contribution in [0.4, 0.5) is 0 Å². The predicted octanol–water partition coefficient (Wildman–Crippen LogP) is 2.39. The summed E-state index contributed by atoms with van der Waals surface area (Å²) in [7, 11) is 0. The van der Waals surface area contributed by atoms with Gasteiger partial charge >= 0.3 is 0 Å². The Morgan fingerprint density at radius 3 is 2.75 bits per heavy atom. The molecule has 3 fully saturated rings. The highest BCUT2D eigenvalue weighted by atomic mass is 17.2. The van der Waals surface area contributed by atoms with Crippen LogP contribution in [0.3, 0.4) is 0 Å². The molecule has 0 aromatic rings. The molecule has 0 heterocycles. The van der Waals surface area contributed by atoms with E-state index in [1.807, 2.05) is 6.92 Å². The molecule has 3 aliphatic rings. The Labute approximate surface area is 97.6 Å². The van der Waals surface area contributed by atoms with Crippen molar-refractivity contribution in [2.45, 2.75) is 63.5 Å². The van der Waals surface area contributed by atoms with Crippen LogP contribution in [0.1, 0.15) is 52.4 Å². The molecule has 3 saturated carbocycles. The lowest BCUT2D eigenvalue weighted by Gasteiger charge is -2.29. The minimum atomic E-state index is -0.256. The molecule has 3 aliphatic carbocycles. The molecule has 0 aliphatic heterocycles. The molecule has 16 heavy (non-hydrogen) atoms. The van der Waals surface area contributed by atoms with Gasteiger partial charge in [-0.2, -0.15) is 0 Å². The van der Waals surface area contributed by atoms with Crippen molar-refractivity contribution in [3.63, 3.8) is 0 Å². The normalized spacial score (nSPS) is 47.8. The van der Waals surface area contributed by atoms with E-state index in [-0.39, 0.29) is 11.1 Å². The molecule has 4 atom stereocenters. The fourth-order valence-electron chi connectivity index (χ4n) is 3.66. The van der Waals surface area contributed by atoms with Gasteiger partial charge in [-0.1, -0.05) is 6.92 Å². The van der Waals surface area contributed by atoms with Gasteiger partial charge in [-0.15, -0.1) is 0 Å². The molecular formula is C13H23NO2. The van der Waals surface area contributed by atoms with E-state index in [1.54, 1.807) is 0 Å². The Hall–Kier alpha value is -0.120. The largest absolute Gasteiger partial charge is 0.323 e. The van der Waals surface area contributed by atoms with Crippen LogP contribution in [0.2, 0.25) is 0 Å². The lowest BCUT2D eigenvalue weighted by Crippen LogP contribution is -2.41. The minimum Gasteiger partial charge on any atom is -0.323 e. The number of nitrogens with two attached hydrogens (primary N) is 1. The van der Waals surface area contributed by atoms with Gasteiger partial charge in [0.1, 0.15) is 5.60 Å². The fourth-order valence-corrected chi connectivity index (χ4v) is 3.66. The molecule has 4 unspecified atom stereocenters. The van der Waals surface area contributed by atoms with Crippen LogP contribution < -0.4 is 5.73 Å². The molecule has 0 saturated heterocycles. The van der Waals surface area contributed by atoms with Crippen LogP contribution in [0, 0.1) is 11.3 Å². The van der Waals surface area contributed by atoms with Crippen molar-refractivity contribution < 1.29 is 9.78 Å². The lowest BCUT2D eigenvalue weighted by molar-refractivity contribution is -0.366. The van der Waals surface area contributed by atoms with Crippen LogP contribution in [0.5, 0.6) is 0 Å². The van der Waals surface area contributed by atoms with Gasteiger partial charge in [-0.25, -0.2) is 9.78 Å². The molecule has 0 amide bonds. The molecule has 1 spiro atoms. The smallest absolute Gasteiger partial charge is 0.104 e.